The lowest BCUT2D eigenvalue weighted by atomic mass is 10.0. The minimum absolute atomic E-state index is 0.0814. The molecule has 0 bridgehead atoms. The van der Waals surface area contributed by atoms with E-state index in [1.54, 1.807) is 24.4 Å². The minimum atomic E-state index is -3.16. The predicted octanol–water partition coefficient (Wildman–Crippen LogP) is 2.12. The maximum absolute atomic E-state index is 14.8. The van der Waals surface area contributed by atoms with E-state index in [-0.39, 0.29) is 59.6 Å². The number of aliphatic imine (C=N–C) groups is 1. The maximum Gasteiger partial charge on any atom is 0.464 e. The summed E-state index contributed by atoms with van der Waals surface area (Å²) in [4.78, 5) is 44.5. The Bertz CT molecular complexity index is 1540. The van der Waals surface area contributed by atoms with E-state index in [9.17, 15) is 27.4 Å². The molecule has 2 aromatic carbocycles. The zero-order valence-electron chi connectivity index (χ0n) is 21.7. The predicted molar refractivity (Wildman–Crippen MR) is 148 cm³/mol. The van der Waals surface area contributed by atoms with Crippen LogP contribution in [0.25, 0.3) is 11.1 Å². The fourth-order valence-electron chi connectivity index (χ4n) is 5.78. The van der Waals surface area contributed by atoms with Gasteiger partial charge < -0.3 is 20.9 Å². The molecule has 1 fully saturated rings. The second-order valence-corrected chi connectivity index (χ2v) is 11.2. The summed E-state index contributed by atoms with van der Waals surface area (Å²) in [7, 11) is 0. The van der Waals surface area contributed by atoms with Gasteiger partial charge in [0.2, 0.25) is 11.8 Å². The summed E-state index contributed by atoms with van der Waals surface area (Å²) in [5.74, 6) is -4.56. The first-order valence-electron chi connectivity index (χ1n) is 13.2. The largest absolute Gasteiger partial charge is 0.464 e. The average molecular weight is 579 g/mol. The molecule has 3 heterocycles. The third kappa shape index (κ3) is 4.92. The van der Waals surface area contributed by atoms with E-state index in [1.165, 1.54) is 29.2 Å². The standard InChI is InChI=1S/C29H25F2N5O4S/c30-29(31)22-4-2-1-3-20(22)21-10-16(5-6-23(21)29)27(38)34-14-26(37)36-15-19(41-40)11-25(36)28(39)33-13-18-9-17-12-32-8-7-24(17)35-18/h1-10,12,17,19,24-25,35H,11,13-15H2,(H-,33,34,38,39)/p+1/t17?,19-,24?,25+/m1/s1. The molecule has 0 saturated carbocycles. The Hall–Kier alpha value is -4.32. The van der Waals surface area contributed by atoms with Crippen molar-refractivity contribution in [2.75, 3.05) is 19.6 Å². The number of benzene rings is 2. The molecular weight excluding hydrogens is 552 g/mol. The molecule has 12 heteroatoms. The van der Waals surface area contributed by atoms with Crippen molar-refractivity contribution >= 4 is 35.6 Å². The van der Waals surface area contributed by atoms with Crippen LogP contribution in [0, 0.1) is 5.92 Å². The van der Waals surface area contributed by atoms with Gasteiger partial charge in [-0.2, -0.15) is 8.78 Å². The molecule has 6 rings (SSSR count). The van der Waals surface area contributed by atoms with Gasteiger partial charge in [0.15, 0.2) is 0 Å². The van der Waals surface area contributed by atoms with Crippen LogP contribution in [0.2, 0.25) is 0 Å². The summed E-state index contributed by atoms with van der Waals surface area (Å²) in [5, 5.41) is 8.23. The van der Waals surface area contributed by atoms with E-state index in [0.29, 0.717) is 17.2 Å². The van der Waals surface area contributed by atoms with Gasteiger partial charge in [-0.1, -0.05) is 36.4 Å². The number of fused-ring (bicyclic) bond motifs is 4. The third-order valence-corrected chi connectivity index (χ3v) is 8.46. The van der Waals surface area contributed by atoms with E-state index in [1.807, 2.05) is 18.4 Å². The number of rotatable bonds is 7. The monoisotopic (exact) mass is 578 g/mol. The molecule has 9 nitrogen and oxygen atoms in total. The van der Waals surface area contributed by atoms with E-state index < -0.39 is 35.6 Å². The van der Waals surface area contributed by atoms with E-state index in [4.69, 9.17) is 0 Å². The molecular formula is C29H26F2N5O4S+. The van der Waals surface area contributed by atoms with E-state index >= 15 is 0 Å². The van der Waals surface area contributed by atoms with Crippen molar-refractivity contribution in [3.05, 3.63) is 83.2 Å². The van der Waals surface area contributed by atoms with Crippen molar-refractivity contribution in [2.24, 2.45) is 10.9 Å². The maximum atomic E-state index is 14.8. The molecule has 0 radical (unpaired) electrons. The molecule has 0 spiro atoms. The van der Waals surface area contributed by atoms with Crippen LogP contribution in [0.5, 0.6) is 0 Å². The number of carbonyl (C=O) groups is 3. The molecule has 41 heavy (non-hydrogen) atoms. The van der Waals surface area contributed by atoms with Crippen LogP contribution in [0.15, 0.2) is 71.5 Å². The molecule has 2 unspecified atom stereocenters. The molecule has 1 saturated heterocycles. The molecule has 3 amide bonds. The van der Waals surface area contributed by atoms with Gasteiger partial charge in [-0.3, -0.25) is 19.4 Å². The number of halogens is 2. The number of hydrogen-bond donors (Lipinski definition) is 3. The van der Waals surface area contributed by atoms with Crippen LogP contribution in [0.4, 0.5) is 8.78 Å². The molecule has 0 aromatic heterocycles. The van der Waals surface area contributed by atoms with Gasteiger partial charge >= 0.3 is 11.7 Å². The Kier molecular flexibility index (Phi) is 6.94. The number of nitrogens with one attached hydrogen (secondary N) is 3. The molecule has 3 aliphatic heterocycles. The lowest BCUT2D eigenvalue weighted by molar-refractivity contribution is -0.137. The Morgan fingerprint density at radius 2 is 1.90 bits per heavy atom. The zero-order chi connectivity index (χ0) is 28.7. The number of amides is 3. The van der Waals surface area contributed by atoms with Crippen molar-refractivity contribution in [3.63, 3.8) is 0 Å². The third-order valence-electron chi connectivity index (χ3n) is 7.85. The van der Waals surface area contributed by atoms with Crippen LogP contribution < -0.4 is 16.0 Å². The highest BCUT2D eigenvalue weighted by Gasteiger charge is 2.46. The molecule has 1 aliphatic carbocycles. The highest BCUT2D eigenvalue weighted by molar-refractivity contribution is 7.66. The van der Waals surface area contributed by atoms with Gasteiger partial charge in [0, 0.05) is 51.3 Å². The van der Waals surface area contributed by atoms with Gasteiger partial charge in [-0.15, -0.1) is 0 Å². The molecule has 4 atom stereocenters. The Morgan fingerprint density at radius 1 is 1.10 bits per heavy atom. The number of nitrogens with zero attached hydrogens (tertiary/aromatic N) is 2. The number of likely N-dealkylation sites (tertiary alicyclic amines) is 1. The summed E-state index contributed by atoms with van der Waals surface area (Å²) >= 11 is 0.340. The van der Waals surface area contributed by atoms with Crippen LogP contribution in [0.1, 0.15) is 27.9 Å². The first-order valence-corrected chi connectivity index (χ1v) is 14.0. The molecule has 3 N–H and O–H groups in total. The Morgan fingerprint density at radius 3 is 2.71 bits per heavy atom. The second kappa shape index (κ2) is 10.6. The SMILES string of the molecule is O=[S+][C@@H]1C[C@@H](C(=O)NCC2=CC3C=NC=CC3N2)N(C(=O)CNC(=O)c2ccc3c(c2)-c2ccccc2C3(F)F)C1. The van der Waals surface area contributed by atoms with Crippen molar-refractivity contribution in [1.29, 1.82) is 0 Å². The average Bonchev–Trinajstić information content (AvgIpc) is 3.67. The number of hydrogen-bond acceptors (Lipinski definition) is 6. The molecule has 2 aromatic rings. The highest BCUT2D eigenvalue weighted by atomic mass is 32.1. The van der Waals surface area contributed by atoms with Crippen molar-refractivity contribution in [1.82, 2.24) is 20.9 Å². The van der Waals surface area contributed by atoms with Crippen LogP contribution >= 0.6 is 0 Å². The van der Waals surface area contributed by atoms with Gasteiger partial charge in [0.1, 0.15) is 6.04 Å². The summed E-state index contributed by atoms with van der Waals surface area (Å²) < 4.78 is 41.2. The van der Waals surface area contributed by atoms with E-state index in [0.717, 1.165) is 5.70 Å². The van der Waals surface area contributed by atoms with Gasteiger partial charge in [-0.25, -0.2) is 0 Å². The first-order chi connectivity index (χ1) is 19.8. The van der Waals surface area contributed by atoms with Crippen molar-refractivity contribution < 1.29 is 27.4 Å². The van der Waals surface area contributed by atoms with Gasteiger partial charge in [-0.05, 0) is 29.3 Å². The lowest BCUT2D eigenvalue weighted by Crippen LogP contribution is -2.49. The quantitative estimate of drug-likeness (QED) is 0.435. The highest BCUT2D eigenvalue weighted by Crippen LogP contribution is 2.50. The van der Waals surface area contributed by atoms with Crippen molar-refractivity contribution in [2.45, 2.75) is 29.7 Å². The van der Waals surface area contributed by atoms with Crippen LogP contribution in [-0.2, 0) is 31.4 Å². The van der Waals surface area contributed by atoms with Crippen LogP contribution in [0.3, 0.4) is 0 Å². The Labute approximate surface area is 238 Å². The van der Waals surface area contributed by atoms with E-state index in [2.05, 4.69) is 20.9 Å². The van der Waals surface area contributed by atoms with Gasteiger partial charge in [0.25, 0.3) is 17.1 Å². The summed E-state index contributed by atoms with van der Waals surface area (Å²) in [6, 6.07) is 9.32. The second-order valence-electron chi connectivity index (χ2n) is 10.4. The molecule has 210 valence electrons. The summed E-state index contributed by atoms with van der Waals surface area (Å²) in [6.07, 6.45) is 7.66. The summed E-state index contributed by atoms with van der Waals surface area (Å²) in [5.41, 5.74) is 1.30. The van der Waals surface area contributed by atoms with Gasteiger partial charge in [0.05, 0.1) is 25.7 Å². The zero-order valence-corrected chi connectivity index (χ0v) is 22.5. The molecule has 4 aliphatic rings. The smallest absolute Gasteiger partial charge is 0.380 e. The topological polar surface area (TPSA) is 120 Å². The van der Waals surface area contributed by atoms with Crippen LogP contribution in [-0.4, -0.2) is 65.8 Å². The lowest BCUT2D eigenvalue weighted by Gasteiger charge is -2.23. The normalized spacial score (nSPS) is 24.5. The number of carbonyl (C=O) groups excluding carboxylic acids is 3. The first kappa shape index (κ1) is 26.9. The van der Waals surface area contributed by atoms with Crippen molar-refractivity contribution in [3.8, 4) is 11.1 Å². The number of alkyl halides is 2. The summed E-state index contributed by atoms with van der Waals surface area (Å²) in [6.45, 7) is -0.0963. The minimum Gasteiger partial charge on any atom is -0.380 e. The fourth-order valence-corrected chi connectivity index (χ4v) is 6.26. The fraction of sp³-hybridized carbons (Fsp3) is 0.310. The Balaban J connectivity index is 1.09.